The molecule has 8 nitrogen and oxygen atoms in total. The van der Waals surface area contributed by atoms with Crippen LogP contribution in [-0.2, 0) is 9.47 Å². The summed E-state index contributed by atoms with van der Waals surface area (Å²) in [7, 11) is 1.62. The number of benzene rings is 1. The zero-order valence-electron chi connectivity index (χ0n) is 16.1. The Bertz CT molecular complexity index is 857. The Morgan fingerprint density at radius 1 is 1.18 bits per heavy atom. The van der Waals surface area contributed by atoms with Gasteiger partial charge in [-0.25, -0.2) is 9.97 Å². The standard InChI is InChI=1S/C20H24N4O4/c1-14-21-17(13-18(22-14)23-15-4-3-5-16(12-15)26-2)19(25)24-8-6-20(7-9-24)27-10-11-28-20/h3-5,12-13H,6-11H2,1-2H3,(H,21,22,23). The first-order valence-electron chi connectivity index (χ1n) is 9.41. The van der Waals surface area contributed by atoms with Gasteiger partial charge in [0.05, 0.1) is 20.3 Å². The fraction of sp³-hybridized carbons (Fsp3) is 0.450. The van der Waals surface area contributed by atoms with E-state index in [1.54, 1.807) is 25.0 Å². The van der Waals surface area contributed by atoms with Crippen molar-refractivity contribution in [1.82, 2.24) is 14.9 Å². The molecule has 2 fully saturated rings. The van der Waals surface area contributed by atoms with Crippen LogP contribution in [0.2, 0.25) is 0 Å². The molecule has 0 radical (unpaired) electrons. The molecule has 0 unspecified atom stereocenters. The lowest BCUT2D eigenvalue weighted by molar-refractivity contribution is -0.181. The van der Waals surface area contributed by atoms with Gasteiger partial charge >= 0.3 is 0 Å². The van der Waals surface area contributed by atoms with E-state index < -0.39 is 5.79 Å². The minimum Gasteiger partial charge on any atom is -0.497 e. The van der Waals surface area contributed by atoms with E-state index in [4.69, 9.17) is 14.2 Å². The fourth-order valence-corrected chi connectivity index (χ4v) is 3.59. The second-order valence-corrected chi connectivity index (χ2v) is 6.94. The summed E-state index contributed by atoms with van der Waals surface area (Å²) in [5.41, 5.74) is 1.20. The molecule has 3 heterocycles. The zero-order chi connectivity index (χ0) is 19.6. The number of nitrogens with one attached hydrogen (secondary N) is 1. The number of amides is 1. The van der Waals surface area contributed by atoms with Crippen LogP contribution in [-0.4, -0.2) is 60.0 Å². The molecule has 1 aromatic heterocycles. The number of likely N-dealkylation sites (tertiary alicyclic amines) is 1. The van der Waals surface area contributed by atoms with Crippen molar-refractivity contribution in [1.29, 1.82) is 0 Å². The number of rotatable bonds is 4. The number of ether oxygens (including phenoxy) is 3. The van der Waals surface area contributed by atoms with E-state index in [1.807, 2.05) is 24.3 Å². The summed E-state index contributed by atoms with van der Waals surface area (Å²) in [6.07, 6.45) is 1.36. The van der Waals surface area contributed by atoms with E-state index in [0.29, 0.717) is 56.5 Å². The highest BCUT2D eigenvalue weighted by Gasteiger charge is 2.41. The van der Waals surface area contributed by atoms with Gasteiger partial charge in [0.2, 0.25) is 0 Å². The first-order valence-corrected chi connectivity index (χ1v) is 9.41. The second-order valence-electron chi connectivity index (χ2n) is 6.94. The molecule has 8 heteroatoms. The van der Waals surface area contributed by atoms with E-state index in [1.165, 1.54) is 0 Å². The SMILES string of the molecule is COc1cccc(Nc2cc(C(=O)N3CCC4(CC3)OCCO4)nc(C)n2)c1. The topological polar surface area (TPSA) is 85.8 Å². The minimum absolute atomic E-state index is 0.105. The van der Waals surface area contributed by atoms with E-state index in [9.17, 15) is 4.79 Å². The lowest BCUT2D eigenvalue weighted by atomic mass is 10.0. The number of piperidine rings is 1. The Morgan fingerprint density at radius 2 is 1.93 bits per heavy atom. The Hall–Kier alpha value is -2.71. The molecule has 0 saturated carbocycles. The van der Waals surface area contributed by atoms with Crippen LogP contribution in [0.5, 0.6) is 5.75 Å². The van der Waals surface area contributed by atoms with Crippen LogP contribution in [0.15, 0.2) is 30.3 Å². The van der Waals surface area contributed by atoms with Gasteiger partial charge in [0.15, 0.2) is 5.79 Å². The monoisotopic (exact) mass is 384 g/mol. The molecular formula is C20H24N4O4. The number of anilines is 2. The largest absolute Gasteiger partial charge is 0.497 e. The maximum absolute atomic E-state index is 13.0. The van der Waals surface area contributed by atoms with Crippen molar-refractivity contribution in [3.63, 3.8) is 0 Å². The summed E-state index contributed by atoms with van der Waals surface area (Å²) >= 11 is 0. The summed E-state index contributed by atoms with van der Waals surface area (Å²) < 4.78 is 16.7. The van der Waals surface area contributed by atoms with E-state index in [2.05, 4.69) is 15.3 Å². The van der Waals surface area contributed by atoms with Gasteiger partial charge in [-0.2, -0.15) is 0 Å². The molecule has 1 amide bonds. The van der Waals surface area contributed by atoms with Crippen LogP contribution in [0.1, 0.15) is 29.2 Å². The fourth-order valence-electron chi connectivity index (χ4n) is 3.59. The molecule has 1 N–H and O–H groups in total. The van der Waals surface area contributed by atoms with Crippen LogP contribution < -0.4 is 10.1 Å². The predicted octanol–water partition coefficient (Wildman–Crippen LogP) is 2.52. The van der Waals surface area contributed by atoms with Crippen LogP contribution >= 0.6 is 0 Å². The summed E-state index contributed by atoms with van der Waals surface area (Å²) in [5.74, 6) is 1.24. The Kier molecular flexibility index (Phi) is 5.15. The van der Waals surface area contributed by atoms with Crippen molar-refractivity contribution in [3.05, 3.63) is 41.9 Å². The number of carbonyl (C=O) groups excluding carboxylic acids is 1. The van der Waals surface area contributed by atoms with Gasteiger partial charge in [-0.3, -0.25) is 4.79 Å². The average molecular weight is 384 g/mol. The molecule has 2 aromatic rings. The highest BCUT2D eigenvalue weighted by molar-refractivity contribution is 5.93. The van der Waals surface area contributed by atoms with Crippen molar-refractivity contribution in [2.24, 2.45) is 0 Å². The molecule has 4 rings (SSSR count). The van der Waals surface area contributed by atoms with Crippen LogP contribution in [0.3, 0.4) is 0 Å². The third kappa shape index (κ3) is 3.93. The molecule has 1 aromatic carbocycles. The summed E-state index contributed by atoms with van der Waals surface area (Å²) in [4.78, 5) is 23.5. The maximum Gasteiger partial charge on any atom is 0.272 e. The first kappa shape index (κ1) is 18.6. The van der Waals surface area contributed by atoms with Crippen molar-refractivity contribution in [3.8, 4) is 5.75 Å². The minimum atomic E-state index is -0.503. The highest BCUT2D eigenvalue weighted by Crippen LogP contribution is 2.31. The quantitative estimate of drug-likeness (QED) is 0.867. The molecule has 148 valence electrons. The lowest BCUT2D eigenvalue weighted by Crippen LogP contribution is -2.47. The summed E-state index contributed by atoms with van der Waals surface area (Å²) in [5, 5.41) is 3.22. The number of carbonyl (C=O) groups is 1. The molecule has 2 saturated heterocycles. The van der Waals surface area contributed by atoms with E-state index in [-0.39, 0.29) is 5.91 Å². The Morgan fingerprint density at radius 3 is 2.64 bits per heavy atom. The normalized spacial score (nSPS) is 18.3. The lowest BCUT2D eigenvalue weighted by Gasteiger charge is -2.37. The Labute approximate surface area is 163 Å². The van der Waals surface area contributed by atoms with Gasteiger partial charge in [-0.15, -0.1) is 0 Å². The third-order valence-electron chi connectivity index (χ3n) is 5.03. The van der Waals surface area contributed by atoms with Gasteiger partial charge in [0, 0.05) is 43.8 Å². The number of nitrogens with zero attached hydrogens (tertiary/aromatic N) is 3. The van der Waals surface area contributed by atoms with Gasteiger partial charge in [0.25, 0.3) is 5.91 Å². The number of hydrogen-bond acceptors (Lipinski definition) is 7. The second kappa shape index (κ2) is 7.73. The van der Waals surface area contributed by atoms with Crippen molar-refractivity contribution in [2.75, 3.05) is 38.7 Å². The van der Waals surface area contributed by atoms with E-state index >= 15 is 0 Å². The van der Waals surface area contributed by atoms with Gasteiger partial charge < -0.3 is 24.4 Å². The van der Waals surface area contributed by atoms with Crippen molar-refractivity contribution < 1.29 is 19.0 Å². The summed E-state index contributed by atoms with van der Waals surface area (Å²) in [6.45, 7) is 4.19. The van der Waals surface area contributed by atoms with Crippen molar-refractivity contribution in [2.45, 2.75) is 25.6 Å². The average Bonchev–Trinajstić information content (AvgIpc) is 3.15. The van der Waals surface area contributed by atoms with Crippen LogP contribution in [0.4, 0.5) is 11.5 Å². The van der Waals surface area contributed by atoms with Gasteiger partial charge in [-0.1, -0.05) is 6.07 Å². The smallest absolute Gasteiger partial charge is 0.272 e. The molecule has 1 spiro atoms. The number of aromatic nitrogens is 2. The van der Waals surface area contributed by atoms with Crippen LogP contribution in [0.25, 0.3) is 0 Å². The molecule has 0 aliphatic carbocycles. The number of hydrogen-bond donors (Lipinski definition) is 1. The molecule has 2 aliphatic heterocycles. The van der Waals surface area contributed by atoms with E-state index in [0.717, 1.165) is 11.4 Å². The predicted molar refractivity (Wildman–Crippen MR) is 103 cm³/mol. The maximum atomic E-state index is 13.0. The van der Waals surface area contributed by atoms with Gasteiger partial charge in [-0.05, 0) is 19.1 Å². The molecule has 0 bridgehead atoms. The van der Waals surface area contributed by atoms with Crippen LogP contribution in [0, 0.1) is 6.92 Å². The van der Waals surface area contributed by atoms with Crippen molar-refractivity contribution >= 4 is 17.4 Å². The number of aryl methyl sites for hydroxylation is 1. The summed E-state index contributed by atoms with van der Waals surface area (Å²) in [6, 6.07) is 9.21. The molecule has 0 atom stereocenters. The molecular weight excluding hydrogens is 360 g/mol. The van der Waals surface area contributed by atoms with Gasteiger partial charge in [0.1, 0.15) is 23.1 Å². The molecule has 28 heavy (non-hydrogen) atoms. The zero-order valence-corrected chi connectivity index (χ0v) is 16.1. The Balaban J connectivity index is 1.48. The third-order valence-corrected chi connectivity index (χ3v) is 5.03. The highest BCUT2D eigenvalue weighted by atomic mass is 16.7. The molecule has 2 aliphatic rings. The first-order chi connectivity index (χ1) is 13.6. The number of methoxy groups -OCH3 is 1.